The minimum absolute atomic E-state index is 0.221. The topological polar surface area (TPSA) is 26.0 Å². The third kappa shape index (κ3) is 4.13. The molecule has 5 rings (SSSR count). The maximum Gasteiger partial charge on any atom is 0.0409 e. The van der Waals surface area contributed by atoms with Crippen molar-refractivity contribution in [3.8, 4) is 22.3 Å². The number of benzene rings is 5. The second-order valence-corrected chi connectivity index (χ2v) is 9.50. The molecular weight excluding hydrogens is 410 g/mol. The van der Waals surface area contributed by atoms with Crippen LogP contribution in [0.3, 0.4) is 0 Å². The third-order valence-corrected chi connectivity index (χ3v) is 7.13. The maximum absolute atomic E-state index is 6.80. The molecule has 0 aliphatic rings. The molecule has 0 unspecified atom stereocenters. The zero-order chi connectivity index (χ0) is 23.5. The van der Waals surface area contributed by atoms with Crippen LogP contribution in [0.2, 0.25) is 0 Å². The van der Waals surface area contributed by atoms with Gasteiger partial charge in [-0.2, -0.15) is 0 Å². The Balaban J connectivity index is 1.52. The summed E-state index contributed by atoms with van der Waals surface area (Å²) >= 11 is 0. The van der Waals surface area contributed by atoms with E-state index in [1.54, 1.807) is 0 Å². The molecule has 170 valence electrons. The van der Waals surface area contributed by atoms with E-state index in [1.165, 1.54) is 49.4 Å². The molecule has 1 heteroatoms. The largest absolute Gasteiger partial charge is 0.321 e. The summed E-state index contributed by atoms with van der Waals surface area (Å²) in [6.07, 6.45) is 4.24. The van der Waals surface area contributed by atoms with Gasteiger partial charge in [-0.15, -0.1) is 0 Å². The summed E-state index contributed by atoms with van der Waals surface area (Å²) in [5.74, 6) is 0. The van der Waals surface area contributed by atoms with Gasteiger partial charge in [0, 0.05) is 5.54 Å². The quantitative estimate of drug-likeness (QED) is 0.249. The summed E-state index contributed by atoms with van der Waals surface area (Å²) in [6, 6.07) is 37.6. The Bertz CT molecular complexity index is 1350. The van der Waals surface area contributed by atoms with E-state index in [-0.39, 0.29) is 5.54 Å². The summed E-state index contributed by atoms with van der Waals surface area (Å²) in [4.78, 5) is 0. The minimum Gasteiger partial charge on any atom is -0.321 e. The molecule has 5 aromatic rings. The first-order valence-electron chi connectivity index (χ1n) is 12.5. The average molecular weight is 444 g/mol. The zero-order valence-corrected chi connectivity index (χ0v) is 20.2. The summed E-state index contributed by atoms with van der Waals surface area (Å²) < 4.78 is 0. The molecule has 0 spiro atoms. The first kappa shape index (κ1) is 22.4. The third-order valence-electron chi connectivity index (χ3n) is 7.13. The number of hydrogen-bond donors (Lipinski definition) is 1. The molecule has 5 aromatic carbocycles. The lowest BCUT2D eigenvalue weighted by Gasteiger charge is -2.29. The van der Waals surface area contributed by atoms with Gasteiger partial charge in [-0.3, -0.25) is 0 Å². The Labute approximate surface area is 203 Å². The molecule has 0 amide bonds. The molecule has 0 heterocycles. The van der Waals surface area contributed by atoms with Gasteiger partial charge in [0.25, 0.3) is 0 Å². The van der Waals surface area contributed by atoms with Gasteiger partial charge < -0.3 is 5.73 Å². The lowest BCUT2D eigenvalue weighted by atomic mass is 9.82. The molecule has 0 atom stereocenters. The van der Waals surface area contributed by atoms with Crippen molar-refractivity contribution in [3.63, 3.8) is 0 Å². The van der Waals surface area contributed by atoms with E-state index >= 15 is 0 Å². The van der Waals surface area contributed by atoms with E-state index < -0.39 is 0 Å². The highest BCUT2D eigenvalue weighted by Gasteiger charge is 2.25. The second-order valence-electron chi connectivity index (χ2n) is 9.50. The average Bonchev–Trinajstić information content (AvgIpc) is 2.88. The standard InChI is InChI=1S/C33H33N/c1-3-21-33(34,22-4-2)29-19-17-25(18-20-29)24-13-15-26(16-14-24)32-30-11-7-5-9-27(30)23-28-10-6-8-12-31(28)32/h5-20,23H,3-4,21-22,34H2,1-2H3. The van der Waals surface area contributed by atoms with Gasteiger partial charge in [-0.1, -0.05) is 124 Å². The van der Waals surface area contributed by atoms with Crippen LogP contribution in [0.5, 0.6) is 0 Å². The fourth-order valence-electron chi connectivity index (χ4n) is 5.45. The van der Waals surface area contributed by atoms with Crippen LogP contribution in [0.25, 0.3) is 43.8 Å². The van der Waals surface area contributed by atoms with Gasteiger partial charge in [0.15, 0.2) is 0 Å². The zero-order valence-electron chi connectivity index (χ0n) is 20.2. The minimum atomic E-state index is -0.221. The van der Waals surface area contributed by atoms with Gasteiger partial charge in [-0.05, 0) is 68.3 Å². The number of fused-ring (bicyclic) bond motifs is 2. The van der Waals surface area contributed by atoms with E-state index in [0.717, 1.165) is 25.7 Å². The Morgan fingerprint density at radius 2 is 1.00 bits per heavy atom. The highest BCUT2D eigenvalue weighted by molar-refractivity contribution is 6.12. The molecular formula is C33H33N. The molecule has 0 aliphatic heterocycles. The lowest BCUT2D eigenvalue weighted by Crippen LogP contribution is -2.36. The van der Waals surface area contributed by atoms with Crippen molar-refractivity contribution in [1.29, 1.82) is 0 Å². The van der Waals surface area contributed by atoms with Crippen molar-refractivity contribution in [2.75, 3.05) is 0 Å². The van der Waals surface area contributed by atoms with Crippen molar-refractivity contribution in [3.05, 3.63) is 109 Å². The van der Waals surface area contributed by atoms with Crippen LogP contribution in [-0.2, 0) is 5.54 Å². The predicted octanol–water partition coefficient (Wildman–Crippen LogP) is 9.08. The summed E-state index contributed by atoms with van der Waals surface area (Å²) in [6.45, 7) is 4.43. The summed E-state index contributed by atoms with van der Waals surface area (Å²) in [5.41, 5.74) is 12.9. The van der Waals surface area contributed by atoms with Crippen LogP contribution in [-0.4, -0.2) is 0 Å². The van der Waals surface area contributed by atoms with E-state index in [0.29, 0.717) is 0 Å². The highest BCUT2D eigenvalue weighted by Crippen LogP contribution is 2.37. The monoisotopic (exact) mass is 443 g/mol. The second kappa shape index (κ2) is 9.44. The Morgan fingerprint density at radius 3 is 1.50 bits per heavy atom. The molecule has 1 nitrogen and oxygen atoms in total. The molecule has 0 aromatic heterocycles. The van der Waals surface area contributed by atoms with Crippen molar-refractivity contribution < 1.29 is 0 Å². The first-order valence-corrected chi connectivity index (χ1v) is 12.5. The Hall–Kier alpha value is -3.42. The van der Waals surface area contributed by atoms with E-state index in [4.69, 9.17) is 5.73 Å². The van der Waals surface area contributed by atoms with Crippen molar-refractivity contribution >= 4 is 21.5 Å². The van der Waals surface area contributed by atoms with Crippen molar-refractivity contribution in [2.45, 2.75) is 45.1 Å². The molecule has 0 fully saturated rings. The number of hydrogen-bond acceptors (Lipinski definition) is 1. The summed E-state index contributed by atoms with van der Waals surface area (Å²) in [5, 5.41) is 5.15. The van der Waals surface area contributed by atoms with Crippen LogP contribution < -0.4 is 5.73 Å². The Kier molecular flexibility index (Phi) is 6.22. The smallest absolute Gasteiger partial charge is 0.0409 e. The fraction of sp³-hybridized carbons (Fsp3) is 0.212. The first-order chi connectivity index (χ1) is 16.6. The van der Waals surface area contributed by atoms with E-state index in [9.17, 15) is 0 Å². The highest BCUT2D eigenvalue weighted by atomic mass is 14.7. The van der Waals surface area contributed by atoms with Crippen LogP contribution in [0.15, 0.2) is 103 Å². The molecule has 0 aliphatic carbocycles. The van der Waals surface area contributed by atoms with Crippen LogP contribution >= 0.6 is 0 Å². The molecule has 0 saturated carbocycles. The van der Waals surface area contributed by atoms with Gasteiger partial charge in [0.1, 0.15) is 0 Å². The SMILES string of the molecule is CCCC(N)(CCC)c1ccc(-c2ccc(-c3c4ccccc4cc4ccccc34)cc2)cc1. The maximum atomic E-state index is 6.80. The van der Waals surface area contributed by atoms with Crippen LogP contribution in [0.1, 0.15) is 45.1 Å². The van der Waals surface area contributed by atoms with Gasteiger partial charge in [0.05, 0.1) is 0 Å². The van der Waals surface area contributed by atoms with Crippen LogP contribution in [0.4, 0.5) is 0 Å². The number of nitrogens with two attached hydrogens (primary N) is 1. The van der Waals surface area contributed by atoms with E-state index in [1.807, 2.05) is 0 Å². The molecule has 34 heavy (non-hydrogen) atoms. The van der Waals surface area contributed by atoms with Crippen LogP contribution in [0, 0.1) is 0 Å². The number of rotatable bonds is 7. The lowest BCUT2D eigenvalue weighted by molar-refractivity contribution is 0.369. The predicted molar refractivity (Wildman–Crippen MR) is 148 cm³/mol. The van der Waals surface area contributed by atoms with Gasteiger partial charge in [-0.25, -0.2) is 0 Å². The Morgan fingerprint density at radius 1 is 0.559 bits per heavy atom. The summed E-state index contributed by atoms with van der Waals surface area (Å²) in [7, 11) is 0. The molecule has 0 radical (unpaired) electrons. The molecule has 0 bridgehead atoms. The molecule has 0 saturated heterocycles. The fourth-order valence-corrected chi connectivity index (χ4v) is 5.45. The van der Waals surface area contributed by atoms with Crippen molar-refractivity contribution in [2.24, 2.45) is 5.73 Å². The van der Waals surface area contributed by atoms with Gasteiger partial charge >= 0.3 is 0 Å². The van der Waals surface area contributed by atoms with E-state index in [2.05, 4.69) is 117 Å². The normalized spacial score (nSPS) is 11.9. The van der Waals surface area contributed by atoms with Crippen molar-refractivity contribution in [1.82, 2.24) is 0 Å². The molecule has 2 N–H and O–H groups in total. The van der Waals surface area contributed by atoms with Gasteiger partial charge in [0.2, 0.25) is 0 Å².